The molecule has 220 valence electrons. The Bertz CT molecular complexity index is 1250. The molecule has 4 heterocycles. The topological polar surface area (TPSA) is 281 Å². The monoisotopic (exact) mass is 601 g/mol. The van der Waals surface area contributed by atoms with Gasteiger partial charge in [0.15, 0.2) is 24.0 Å². The van der Waals surface area contributed by atoms with Crippen LogP contribution in [0.1, 0.15) is 20.1 Å². The molecule has 2 aromatic rings. The molecule has 10 atom stereocenters. The van der Waals surface area contributed by atoms with Crippen LogP contribution in [-0.2, 0) is 36.7 Å². The molecule has 19 nitrogen and oxygen atoms in total. The number of anilines is 1. The van der Waals surface area contributed by atoms with E-state index in [0.717, 1.165) is 6.33 Å². The van der Waals surface area contributed by atoms with Crippen LogP contribution in [0.4, 0.5) is 5.82 Å². The van der Waals surface area contributed by atoms with Gasteiger partial charge in [-0.3, -0.25) is 13.6 Å². The van der Waals surface area contributed by atoms with Gasteiger partial charge in [-0.1, -0.05) is 0 Å². The number of aliphatic hydroxyl groups excluding tert-OH is 4. The summed E-state index contributed by atoms with van der Waals surface area (Å²) in [5, 5.41) is 40.8. The van der Waals surface area contributed by atoms with Gasteiger partial charge < -0.3 is 50.2 Å². The van der Waals surface area contributed by atoms with Gasteiger partial charge in [0.1, 0.15) is 48.5 Å². The number of nitrogen functional groups attached to an aromatic ring is 1. The number of nitrogens with zero attached hydrogens (tertiary/aromatic N) is 4. The lowest BCUT2D eigenvalue weighted by Crippen LogP contribution is -2.35. The van der Waals surface area contributed by atoms with Crippen molar-refractivity contribution in [1.29, 1.82) is 0 Å². The number of phosphoric acid groups is 2. The summed E-state index contributed by atoms with van der Waals surface area (Å²) in [6.45, 7) is 1.62. The number of phosphoric ester groups is 2. The summed E-state index contributed by atoms with van der Waals surface area (Å²) < 4.78 is 55.4. The van der Waals surface area contributed by atoms with Crippen molar-refractivity contribution in [3.63, 3.8) is 0 Å². The van der Waals surface area contributed by atoms with Crippen LogP contribution in [0.5, 0.6) is 0 Å². The van der Waals surface area contributed by atoms with Gasteiger partial charge >= 0.3 is 15.6 Å². The second kappa shape index (κ2) is 11.7. The molecule has 0 aromatic carbocycles. The molecule has 21 heteroatoms. The maximum Gasteiger partial charge on any atom is 0.481 e. The molecular formula is C18H29N5O14P2. The van der Waals surface area contributed by atoms with Crippen LogP contribution < -0.4 is 5.73 Å². The molecule has 0 radical (unpaired) electrons. The van der Waals surface area contributed by atoms with Crippen LogP contribution in [0.3, 0.4) is 0 Å². The molecule has 2 aliphatic heterocycles. The van der Waals surface area contributed by atoms with E-state index in [2.05, 4.69) is 28.3 Å². The highest BCUT2D eigenvalue weighted by atomic mass is 31.3. The summed E-state index contributed by atoms with van der Waals surface area (Å²) in [7, 11) is -10.6. The van der Waals surface area contributed by atoms with Gasteiger partial charge in [-0.15, -0.1) is 0 Å². The predicted molar refractivity (Wildman–Crippen MR) is 125 cm³/mol. The first-order chi connectivity index (χ1) is 18.2. The molecule has 2 unspecified atom stereocenters. The summed E-state index contributed by atoms with van der Waals surface area (Å²) in [4.78, 5) is 31.6. The third kappa shape index (κ3) is 6.80. The molecule has 39 heavy (non-hydrogen) atoms. The predicted octanol–water partition coefficient (Wildman–Crippen LogP) is -1.85. The Labute approximate surface area is 220 Å². The number of rotatable bonds is 11. The van der Waals surface area contributed by atoms with Crippen molar-refractivity contribution in [2.24, 2.45) is 0 Å². The molecule has 8 N–H and O–H groups in total. The lowest BCUT2D eigenvalue weighted by molar-refractivity contribution is -0.186. The molecule has 2 aromatic heterocycles. The third-order valence-electron chi connectivity index (χ3n) is 5.73. The second-order valence-corrected chi connectivity index (χ2v) is 12.0. The molecule has 2 aliphatic rings. The Morgan fingerprint density at radius 2 is 1.54 bits per heavy atom. The summed E-state index contributed by atoms with van der Waals surface area (Å²) in [5.74, 6) is 0.0644. The van der Waals surface area contributed by atoms with Gasteiger partial charge in [0.05, 0.1) is 25.6 Å². The van der Waals surface area contributed by atoms with Crippen molar-refractivity contribution in [2.45, 2.75) is 69.1 Å². The zero-order valence-corrected chi connectivity index (χ0v) is 22.3. The first-order valence-electron chi connectivity index (χ1n) is 11.5. The van der Waals surface area contributed by atoms with E-state index in [0.29, 0.717) is 0 Å². The van der Waals surface area contributed by atoms with Crippen LogP contribution in [0, 0.1) is 0 Å². The summed E-state index contributed by atoms with van der Waals surface area (Å²) in [5.41, 5.74) is 6.13. The van der Waals surface area contributed by atoms with Gasteiger partial charge in [0.2, 0.25) is 0 Å². The lowest BCUT2D eigenvalue weighted by atomic mass is 10.1. The highest BCUT2D eigenvalue weighted by molar-refractivity contribution is 7.61. The molecular weight excluding hydrogens is 572 g/mol. The van der Waals surface area contributed by atoms with E-state index < -0.39 is 78.0 Å². The van der Waals surface area contributed by atoms with Crippen molar-refractivity contribution in [3.8, 4) is 0 Å². The van der Waals surface area contributed by atoms with E-state index in [1.807, 2.05) is 0 Å². The zero-order valence-electron chi connectivity index (χ0n) is 20.5. The number of ether oxygens (including phenoxy) is 3. The zero-order chi connectivity index (χ0) is 28.7. The number of fused-ring (bicyclic) bond motifs is 1. The average molecular weight is 601 g/mol. The fourth-order valence-corrected chi connectivity index (χ4v) is 5.99. The minimum Gasteiger partial charge on any atom is -0.387 e. The van der Waals surface area contributed by atoms with Crippen molar-refractivity contribution in [1.82, 2.24) is 19.5 Å². The van der Waals surface area contributed by atoms with E-state index >= 15 is 0 Å². The number of hydrogen-bond donors (Lipinski definition) is 7. The Balaban J connectivity index is 1.31. The smallest absolute Gasteiger partial charge is 0.387 e. The Hall–Kier alpha value is -1.67. The molecule has 0 saturated carbocycles. The molecule has 0 amide bonds. The Kier molecular flexibility index (Phi) is 9.07. The van der Waals surface area contributed by atoms with Crippen LogP contribution in [0.2, 0.25) is 0 Å². The SMILES string of the molecule is CC(C)O[C@@H]1O[C@H](COP(=O)(O)OP(=O)(O)OC[C@H]2O[C@@H](n3cnc4c(N)ncnc43)[C@H](O)[C@@H]2O)[C@@H](O)[C@H]1O. The summed E-state index contributed by atoms with van der Waals surface area (Å²) in [6, 6.07) is 0. The fourth-order valence-electron chi connectivity index (χ4n) is 3.90. The van der Waals surface area contributed by atoms with Gasteiger partial charge in [-0.05, 0) is 13.8 Å². The quantitative estimate of drug-likeness (QED) is 0.139. The van der Waals surface area contributed by atoms with Crippen LogP contribution >= 0.6 is 15.6 Å². The third-order valence-corrected chi connectivity index (χ3v) is 8.34. The van der Waals surface area contributed by atoms with Crippen molar-refractivity contribution in [2.75, 3.05) is 18.9 Å². The molecule has 0 bridgehead atoms. The standard InChI is InChI=1S/C18H29N5O14P2/c1-7(2)34-18-14(27)12(25)9(36-18)4-33-39(30,31)37-38(28,29)32-3-8-11(24)13(26)17(35-8)23-6-22-10-15(19)20-5-21-16(10)23/h5-9,11-14,17-18,24-27H,3-4H2,1-2H3,(H,28,29)(H,30,31)(H2,19,20,21)/t8-,9-,11-,12-,13-,14-,17-,18-/m1/s1. The second-order valence-electron chi connectivity index (χ2n) is 8.95. The van der Waals surface area contributed by atoms with E-state index in [1.165, 1.54) is 10.9 Å². The van der Waals surface area contributed by atoms with E-state index in [1.54, 1.807) is 13.8 Å². The minimum absolute atomic E-state index is 0.0644. The number of aliphatic hydroxyl groups is 4. The first-order valence-corrected chi connectivity index (χ1v) is 14.5. The molecule has 4 rings (SSSR count). The maximum absolute atomic E-state index is 12.3. The fraction of sp³-hybridized carbons (Fsp3) is 0.722. The maximum atomic E-state index is 12.3. The van der Waals surface area contributed by atoms with Gasteiger partial charge in [-0.25, -0.2) is 24.1 Å². The highest BCUT2D eigenvalue weighted by Crippen LogP contribution is 2.60. The van der Waals surface area contributed by atoms with Gasteiger partial charge in [-0.2, -0.15) is 4.31 Å². The number of hydrogen-bond acceptors (Lipinski definition) is 16. The van der Waals surface area contributed by atoms with Crippen molar-refractivity contribution >= 4 is 32.6 Å². The van der Waals surface area contributed by atoms with Gasteiger partial charge in [0, 0.05) is 0 Å². The normalized spacial score (nSPS) is 34.5. The molecule has 0 spiro atoms. The number of nitrogens with two attached hydrogens (primary N) is 1. The molecule has 0 aliphatic carbocycles. The number of imidazole rings is 1. The van der Waals surface area contributed by atoms with E-state index in [-0.39, 0.29) is 23.1 Å². The molecule has 2 saturated heterocycles. The van der Waals surface area contributed by atoms with Crippen molar-refractivity contribution in [3.05, 3.63) is 12.7 Å². The lowest BCUT2D eigenvalue weighted by Gasteiger charge is -2.20. The van der Waals surface area contributed by atoms with Crippen LogP contribution in [0.15, 0.2) is 12.7 Å². The summed E-state index contributed by atoms with van der Waals surface area (Å²) in [6.07, 6.45) is -9.41. The van der Waals surface area contributed by atoms with E-state index in [4.69, 9.17) is 19.9 Å². The van der Waals surface area contributed by atoms with Crippen LogP contribution in [0.25, 0.3) is 11.2 Å². The van der Waals surface area contributed by atoms with Gasteiger partial charge in [0.25, 0.3) is 0 Å². The Morgan fingerprint density at radius 1 is 0.949 bits per heavy atom. The minimum atomic E-state index is -5.30. The first kappa shape index (κ1) is 30.3. The Morgan fingerprint density at radius 3 is 2.15 bits per heavy atom. The van der Waals surface area contributed by atoms with Crippen LogP contribution in [-0.4, -0.2) is 112 Å². The average Bonchev–Trinajstić information content (AvgIpc) is 3.47. The summed E-state index contributed by atoms with van der Waals surface area (Å²) >= 11 is 0. The van der Waals surface area contributed by atoms with Crippen molar-refractivity contribution < 1.29 is 66.9 Å². The largest absolute Gasteiger partial charge is 0.481 e. The number of aromatic nitrogens is 4. The molecule has 2 fully saturated rings. The highest BCUT2D eigenvalue weighted by Gasteiger charge is 2.48. The van der Waals surface area contributed by atoms with E-state index in [9.17, 15) is 39.3 Å².